The van der Waals surface area contributed by atoms with Crippen molar-refractivity contribution in [2.24, 2.45) is 23.7 Å². The number of ether oxygens (including phenoxy) is 2. The highest BCUT2D eigenvalue weighted by Gasteiger charge is 2.49. The van der Waals surface area contributed by atoms with Crippen LogP contribution in [0.15, 0.2) is 30.3 Å². The first-order valence-electron chi connectivity index (χ1n) is 14.4. The molecule has 1 aromatic rings. The quantitative estimate of drug-likeness (QED) is 0.478. The number of halogens is 2. The summed E-state index contributed by atoms with van der Waals surface area (Å²) in [5.41, 5.74) is 1.19. The Morgan fingerprint density at radius 1 is 0.829 bits per heavy atom. The van der Waals surface area contributed by atoms with E-state index in [0.29, 0.717) is 25.0 Å². The third kappa shape index (κ3) is 6.27. The van der Waals surface area contributed by atoms with E-state index in [-0.39, 0.29) is 12.0 Å². The number of alkyl halides is 2. The SMILES string of the molecule is CNC1CCC(C2CCC(COC3CC4CCC(Cc5ccccc5)OC4C(F)C3F)CC2)CC1. The van der Waals surface area contributed by atoms with Crippen LogP contribution in [0.3, 0.4) is 0 Å². The van der Waals surface area contributed by atoms with Gasteiger partial charge in [0.05, 0.1) is 18.3 Å². The second kappa shape index (κ2) is 12.0. The van der Waals surface area contributed by atoms with Crippen LogP contribution in [0.1, 0.15) is 76.2 Å². The van der Waals surface area contributed by atoms with Gasteiger partial charge in [0.25, 0.3) is 0 Å². The van der Waals surface area contributed by atoms with Gasteiger partial charge in [0.1, 0.15) is 0 Å². The highest BCUT2D eigenvalue weighted by molar-refractivity contribution is 5.16. The van der Waals surface area contributed by atoms with Crippen LogP contribution in [0.25, 0.3) is 0 Å². The molecule has 0 radical (unpaired) electrons. The molecule has 35 heavy (non-hydrogen) atoms. The zero-order chi connectivity index (χ0) is 24.2. The van der Waals surface area contributed by atoms with Gasteiger partial charge >= 0.3 is 0 Å². The van der Waals surface area contributed by atoms with Gasteiger partial charge in [0.2, 0.25) is 0 Å². The molecule has 196 valence electrons. The Bertz CT molecular complexity index is 761. The monoisotopic (exact) mass is 489 g/mol. The molecule has 0 aromatic heterocycles. The third-order valence-electron chi connectivity index (χ3n) is 9.77. The van der Waals surface area contributed by atoms with E-state index in [9.17, 15) is 0 Å². The second-order valence-electron chi connectivity index (χ2n) is 11.9. The highest BCUT2D eigenvalue weighted by Crippen LogP contribution is 2.42. The zero-order valence-electron chi connectivity index (χ0n) is 21.4. The molecule has 1 saturated heterocycles. The molecule has 1 aromatic carbocycles. The minimum absolute atomic E-state index is 0.0231. The van der Waals surface area contributed by atoms with Crippen LogP contribution in [0.5, 0.6) is 0 Å². The normalized spacial score (nSPS) is 42.4. The van der Waals surface area contributed by atoms with E-state index in [1.54, 1.807) is 0 Å². The van der Waals surface area contributed by atoms with Crippen LogP contribution in [0, 0.1) is 23.7 Å². The van der Waals surface area contributed by atoms with E-state index in [1.165, 1.54) is 56.9 Å². The Morgan fingerprint density at radius 2 is 1.49 bits per heavy atom. The summed E-state index contributed by atoms with van der Waals surface area (Å²) in [6, 6.07) is 10.9. The molecular weight excluding hydrogens is 444 g/mol. The van der Waals surface area contributed by atoms with Crippen LogP contribution in [0.4, 0.5) is 8.78 Å². The van der Waals surface area contributed by atoms with Gasteiger partial charge in [0.15, 0.2) is 12.3 Å². The minimum Gasteiger partial charge on any atom is -0.375 e. The van der Waals surface area contributed by atoms with Gasteiger partial charge in [-0.25, -0.2) is 8.78 Å². The van der Waals surface area contributed by atoms with Crippen molar-refractivity contribution in [3.8, 4) is 0 Å². The lowest BCUT2D eigenvalue weighted by Crippen LogP contribution is -2.54. The van der Waals surface area contributed by atoms with Gasteiger partial charge in [-0.05, 0) is 113 Å². The fourth-order valence-corrected chi connectivity index (χ4v) is 7.52. The van der Waals surface area contributed by atoms with Crippen LogP contribution in [0.2, 0.25) is 0 Å². The summed E-state index contributed by atoms with van der Waals surface area (Å²) in [6.45, 7) is 0.589. The maximum atomic E-state index is 15.2. The van der Waals surface area contributed by atoms with E-state index < -0.39 is 24.6 Å². The molecule has 4 aliphatic rings. The van der Waals surface area contributed by atoms with Gasteiger partial charge < -0.3 is 14.8 Å². The summed E-state index contributed by atoms with van der Waals surface area (Å²) in [7, 11) is 2.08. The Labute approximate surface area is 210 Å². The number of hydrogen-bond acceptors (Lipinski definition) is 3. The Kier molecular flexibility index (Phi) is 8.78. The van der Waals surface area contributed by atoms with Crippen molar-refractivity contribution in [3.05, 3.63) is 35.9 Å². The molecule has 6 atom stereocenters. The Morgan fingerprint density at radius 3 is 2.17 bits per heavy atom. The molecule has 0 amide bonds. The van der Waals surface area contributed by atoms with Crippen molar-refractivity contribution >= 4 is 0 Å². The van der Waals surface area contributed by atoms with Crippen molar-refractivity contribution < 1.29 is 18.3 Å². The smallest absolute Gasteiger partial charge is 0.160 e. The molecule has 3 aliphatic carbocycles. The first-order valence-corrected chi connectivity index (χ1v) is 14.4. The summed E-state index contributed by atoms with van der Waals surface area (Å²) < 4.78 is 42.5. The molecule has 5 heteroatoms. The molecule has 3 nitrogen and oxygen atoms in total. The van der Waals surface area contributed by atoms with E-state index >= 15 is 8.78 Å². The molecule has 5 rings (SSSR count). The van der Waals surface area contributed by atoms with E-state index in [0.717, 1.165) is 31.1 Å². The lowest BCUT2D eigenvalue weighted by molar-refractivity contribution is -0.184. The van der Waals surface area contributed by atoms with E-state index in [4.69, 9.17) is 9.47 Å². The highest BCUT2D eigenvalue weighted by atomic mass is 19.2. The minimum atomic E-state index is -1.58. The summed E-state index contributed by atoms with van der Waals surface area (Å²) >= 11 is 0. The molecule has 1 heterocycles. The Hall–Kier alpha value is -1.04. The number of benzene rings is 1. The van der Waals surface area contributed by atoms with Crippen molar-refractivity contribution in [2.45, 2.75) is 114 Å². The van der Waals surface area contributed by atoms with Crippen molar-refractivity contribution in [3.63, 3.8) is 0 Å². The largest absolute Gasteiger partial charge is 0.375 e. The first-order chi connectivity index (χ1) is 17.1. The molecule has 0 bridgehead atoms. The maximum absolute atomic E-state index is 15.2. The van der Waals surface area contributed by atoms with Crippen LogP contribution in [-0.4, -0.2) is 50.4 Å². The van der Waals surface area contributed by atoms with Crippen molar-refractivity contribution in [2.75, 3.05) is 13.7 Å². The standard InChI is InChI=1S/C30H45F2NO2/c1-33-25-14-11-23(12-15-25)22-9-7-21(8-10-22)19-34-27-18-24-13-16-26(17-20-5-3-2-4-6-20)35-30(24)29(32)28(27)31/h2-6,21-30,33H,7-19H2,1H3. The fraction of sp³-hybridized carbons (Fsp3) is 0.800. The lowest BCUT2D eigenvalue weighted by Gasteiger charge is -2.45. The number of nitrogens with one attached hydrogen (secondary N) is 1. The predicted octanol–water partition coefficient (Wildman–Crippen LogP) is 6.44. The summed E-state index contributed by atoms with van der Waals surface area (Å²) in [5, 5.41) is 3.44. The third-order valence-corrected chi connectivity index (χ3v) is 9.77. The second-order valence-corrected chi connectivity index (χ2v) is 11.9. The summed E-state index contributed by atoms with van der Waals surface area (Å²) in [5.74, 6) is 2.31. The molecule has 3 saturated carbocycles. The topological polar surface area (TPSA) is 30.5 Å². The average molecular weight is 490 g/mol. The number of fused-ring (bicyclic) bond motifs is 1. The molecule has 1 aliphatic heterocycles. The van der Waals surface area contributed by atoms with Gasteiger partial charge in [-0.1, -0.05) is 30.3 Å². The van der Waals surface area contributed by atoms with E-state index in [1.807, 2.05) is 18.2 Å². The molecule has 4 fully saturated rings. The molecule has 6 unspecified atom stereocenters. The molecule has 0 spiro atoms. The van der Waals surface area contributed by atoms with Gasteiger partial charge in [-0.2, -0.15) is 0 Å². The van der Waals surface area contributed by atoms with Crippen molar-refractivity contribution in [1.29, 1.82) is 0 Å². The van der Waals surface area contributed by atoms with Crippen LogP contribution in [-0.2, 0) is 15.9 Å². The van der Waals surface area contributed by atoms with Gasteiger partial charge in [-0.15, -0.1) is 0 Å². The summed E-state index contributed by atoms with van der Waals surface area (Å²) in [4.78, 5) is 0. The zero-order valence-corrected chi connectivity index (χ0v) is 21.4. The first kappa shape index (κ1) is 25.6. The summed E-state index contributed by atoms with van der Waals surface area (Å²) in [6.07, 6.45) is 9.00. The number of hydrogen-bond donors (Lipinski definition) is 1. The predicted molar refractivity (Wildman–Crippen MR) is 136 cm³/mol. The van der Waals surface area contributed by atoms with Gasteiger partial charge in [-0.3, -0.25) is 0 Å². The van der Waals surface area contributed by atoms with Crippen molar-refractivity contribution in [1.82, 2.24) is 5.32 Å². The molecule has 1 N–H and O–H groups in total. The fourth-order valence-electron chi connectivity index (χ4n) is 7.52. The van der Waals surface area contributed by atoms with Gasteiger partial charge in [0, 0.05) is 12.6 Å². The Balaban J connectivity index is 1.05. The van der Waals surface area contributed by atoms with E-state index in [2.05, 4.69) is 24.5 Å². The maximum Gasteiger partial charge on any atom is 0.160 e. The molecular formula is C30H45F2NO2. The lowest BCUT2D eigenvalue weighted by atomic mass is 9.70. The number of rotatable bonds is 7. The van der Waals surface area contributed by atoms with Crippen LogP contribution < -0.4 is 5.32 Å². The van der Waals surface area contributed by atoms with Crippen LogP contribution >= 0.6 is 0 Å². The average Bonchev–Trinajstić information content (AvgIpc) is 2.91.